The Morgan fingerprint density at radius 1 is 0.565 bits per heavy atom. The molecule has 0 saturated heterocycles. The lowest BCUT2D eigenvalue weighted by atomic mass is 10.9. The predicted octanol–water partition coefficient (Wildman–Crippen LogP) is 1.67. The first-order valence-electron chi connectivity index (χ1n) is 5.69. The summed E-state index contributed by atoms with van der Waals surface area (Å²) in [5.41, 5.74) is 0. The van der Waals surface area contributed by atoms with E-state index in [1.165, 1.54) is 0 Å². The van der Waals surface area contributed by atoms with Crippen LogP contribution < -0.4 is 6.15 Å². The van der Waals surface area contributed by atoms with Crippen LogP contribution in [-0.2, 0) is 17.7 Å². The summed E-state index contributed by atoms with van der Waals surface area (Å²) in [5.74, 6) is 0. The molecule has 0 aliphatic carbocycles. The Hall–Kier alpha value is 0.0738. The SMILES string of the molecule is C.C.C.C.CCO[Si](OCC)(OCC)OCC.N.O[Si](O)(O)O. The van der Waals surface area contributed by atoms with Crippen LogP contribution in [0, 0.1) is 0 Å². The first kappa shape index (κ1) is 43.5. The van der Waals surface area contributed by atoms with Crippen molar-refractivity contribution in [2.75, 3.05) is 26.4 Å². The van der Waals surface area contributed by atoms with E-state index in [9.17, 15) is 0 Å². The molecule has 0 spiro atoms. The third-order valence-corrected chi connectivity index (χ3v) is 3.85. The van der Waals surface area contributed by atoms with E-state index < -0.39 is 18.1 Å². The summed E-state index contributed by atoms with van der Waals surface area (Å²) in [6, 6.07) is 0. The highest BCUT2D eigenvalue weighted by Crippen LogP contribution is 2.11. The van der Waals surface area contributed by atoms with Gasteiger partial charge < -0.3 is 43.0 Å². The summed E-state index contributed by atoms with van der Waals surface area (Å²) in [7, 11) is -7.41. The van der Waals surface area contributed by atoms with Gasteiger partial charge in [0.1, 0.15) is 0 Å². The first-order valence-corrected chi connectivity index (χ1v) is 9.12. The Morgan fingerprint density at radius 3 is 0.783 bits per heavy atom. The molecule has 0 aromatic carbocycles. The van der Waals surface area contributed by atoms with Crippen molar-refractivity contribution in [3.05, 3.63) is 0 Å². The summed E-state index contributed by atoms with van der Waals surface area (Å²) in [4.78, 5) is 29.3. The van der Waals surface area contributed by atoms with Crippen LogP contribution >= 0.6 is 0 Å². The minimum atomic E-state index is -4.61. The van der Waals surface area contributed by atoms with Crippen LogP contribution in [0.5, 0.6) is 0 Å². The van der Waals surface area contributed by atoms with E-state index in [0.29, 0.717) is 26.4 Å². The fourth-order valence-corrected chi connectivity index (χ4v) is 2.87. The van der Waals surface area contributed by atoms with Crippen LogP contribution in [0.2, 0.25) is 0 Å². The van der Waals surface area contributed by atoms with Gasteiger partial charge in [-0.25, -0.2) is 0 Å². The van der Waals surface area contributed by atoms with Gasteiger partial charge in [0.15, 0.2) is 0 Å². The average Bonchev–Trinajstić information content (AvgIpc) is 2.16. The lowest BCUT2D eigenvalue weighted by molar-refractivity contribution is -0.0247. The molecule has 7 N–H and O–H groups in total. The number of hydrogen-bond donors (Lipinski definition) is 5. The highest BCUT2D eigenvalue weighted by Gasteiger charge is 2.44. The van der Waals surface area contributed by atoms with E-state index in [1.54, 1.807) is 0 Å². The summed E-state index contributed by atoms with van der Waals surface area (Å²) in [6.45, 7) is 9.80. The van der Waals surface area contributed by atoms with Crippen LogP contribution in [0.3, 0.4) is 0 Å². The standard InChI is InChI=1S/C8H20O4Si.4CH4.H3N.H4O4Si/c1-5-9-13(10-6-2,11-7-3)12-8-4;;;;;;1-5(2,3)4/h5-8H2,1-4H3;4*1H4;1H3;1-4H. The van der Waals surface area contributed by atoms with Crippen molar-refractivity contribution in [3.8, 4) is 0 Å². The van der Waals surface area contributed by atoms with Gasteiger partial charge in [-0.2, -0.15) is 0 Å². The van der Waals surface area contributed by atoms with E-state index in [-0.39, 0.29) is 35.9 Å². The van der Waals surface area contributed by atoms with Crippen LogP contribution in [-0.4, -0.2) is 63.7 Å². The summed E-state index contributed by atoms with van der Waals surface area (Å²) in [6.07, 6.45) is 0. The Morgan fingerprint density at radius 2 is 0.696 bits per heavy atom. The minimum Gasteiger partial charge on any atom is -0.368 e. The monoisotopic (exact) mass is 385 g/mol. The second-order valence-corrected chi connectivity index (χ2v) is 6.19. The minimum absolute atomic E-state index is 0. The molecule has 0 unspecified atom stereocenters. The fraction of sp³-hybridized carbons (Fsp3) is 1.00. The van der Waals surface area contributed by atoms with E-state index in [2.05, 4.69) is 0 Å². The molecule has 23 heavy (non-hydrogen) atoms. The second-order valence-electron chi connectivity index (χ2n) is 2.83. The van der Waals surface area contributed by atoms with Gasteiger partial charge in [0.25, 0.3) is 0 Å². The Labute approximate surface area is 145 Å². The molecule has 0 heterocycles. The van der Waals surface area contributed by atoms with Gasteiger partial charge >= 0.3 is 18.1 Å². The van der Waals surface area contributed by atoms with E-state index in [4.69, 9.17) is 36.9 Å². The van der Waals surface area contributed by atoms with Crippen molar-refractivity contribution in [1.82, 2.24) is 6.15 Å². The van der Waals surface area contributed by atoms with Crippen molar-refractivity contribution in [2.24, 2.45) is 0 Å². The Bertz CT molecular complexity index is 161. The van der Waals surface area contributed by atoms with Gasteiger partial charge in [0.2, 0.25) is 0 Å². The average molecular weight is 386 g/mol. The molecule has 9 nitrogen and oxygen atoms in total. The molecule has 0 atom stereocenters. The molecule has 0 aromatic heterocycles. The lowest BCUT2D eigenvalue weighted by Gasteiger charge is -2.26. The smallest absolute Gasteiger partial charge is 0.368 e. The predicted molar refractivity (Wildman–Crippen MR) is 98.8 cm³/mol. The van der Waals surface area contributed by atoms with Gasteiger partial charge in [-0.3, -0.25) is 0 Å². The molecule has 11 heteroatoms. The van der Waals surface area contributed by atoms with E-state index >= 15 is 0 Å². The van der Waals surface area contributed by atoms with Gasteiger partial charge in [0.05, 0.1) is 0 Å². The lowest BCUT2D eigenvalue weighted by Crippen LogP contribution is -2.49. The highest BCUT2D eigenvalue weighted by atomic mass is 28.4. The van der Waals surface area contributed by atoms with Crippen molar-refractivity contribution in [1.29, 1.82) is 0 Å². The Balaban J connectivity index is -0.0000000455. The normalized spacial score (nSPS) is 9.39. The van der Waals surface area contributed by atoms with Gasteiger partial charge in [-0.15, -0.1) is 0 Å². The largest absolute Gasteiger partial charge is 0.679 e. The van der Waals surface area contributed by atoms with Gasteiger partial charge in [0, 0.05) is 26.4 Å². The molecule has 0 bridgehead atoms. The van der Waals surface area contributed by atoms with Crippen LogP contribution in [0.1, 0.15) is 57.4 Å². The molecule has 0 fully saturated rings. The third kappa shape index (κ3) is 34.4. The molecule has 0 aromatic rings. The van der Waals surface area contributed by atoms with Crippen LogP contribution in [0.25, 0.3) is 0 Å². The summed E-state index contributed by atoms with van der Waals surface area (Å²) >= 11 is 0. The highest BCUT2D eigenvalue weighted by molar-refractivity contribution is 6.53. The van der Waals surface area contributed by atoms with Crippen molar-refractivity contribution >= 4 is 18.1 Å². The summed E-state index contributed by atoms with van der Waals surface area (Å²) in [5, 5.41) is 0. The van der Waals surface area contributed by atoms with Crippen LogP contribution in [0.4, 0.5) is 0 Å². The zero-order valence-electron chi connectivity index (χ0n) is 12.0. The van der Waals surface area contributed by atoms with Crippen molar-refractivity contribution in [3.63, 3.8) is 0 Å². The van der Waals surface area contributed by atoms with Crippen molar-refractivity contribution in [2.45, 2.75) is 57.4 Å². The molecule has 0 radical (unpaired) electrons. The molecule has 0 saturated carbocycles. The second kappa shape index (κ2) is 24.3. The van der Waals surface area contributed by atoms with E-state index in [0.717, 1.165) is 0 Å². The van der Waals surface area contributed by atoms with Crippen molar-refractivity contribution < 1.29 is 36.9 Å². The molecule has 152 valence electrons. The topological polar surface area (TPSA) is 153 Å². The third-order valence-electron chi connectivity index (χ3n) is 1.28. The van der Waals surface area contributed by atoms with Gasteiger partial charge in [-0.1, -0.05) is 29.7 Å². The molecule has 0 aliphatic heterocycles. The zero-order chi connectivity index (χ0) is 14.7. The molecule has 0 rings (SSSR count). The van der Waals surface area contributed by atoms with Crippen LogP contribution in [0.15, 0.2) is 0 Å². The molecular formula is C12H43NO8Si2. The molecular weight excluding hydrogens is 342 g/mol. The Kier molecular flexibility index (Phi) is 46.0. The van der Waals surface area contributed by atoms with Gasteiger partial charge in [-0.05, 0) is 27.7 Å². The number of rotatable bonds is 8. The quantitative estimate of drug-likeness (QED) is 0.392. The van der Waals surface area contributed by atoms with E-state index in [1.807, 2.05) is 27.7 Å². The number of hydrogen-bond acceptors (Lipinski definition) is 9. The maximum Gasteiger partial charge on any atom is 0.679 e. The molecule has 0 amide bonds. The first-order chi connectivity index (χ1) is 8.24. The maximum atomic E-state index is 7.33. The fourth-order valence-electron chi connectivity index (χ4n) is 0.957. The zero-order valence-corrected chi connectivity index (χ0v) is 14.0. The molecule has 0 aliphatic rings. The summed E-state index contributed by atoms with van der Waals surface area (Å²) < 4.78 is 21.7. The maximum absolute atomic E-state index is 7.33.